The molecule has 0 radical (unpaired) electrons. The molecule has 0 aromatic carbocycles. The van der Waals surface area contributed by atoms with Gasteiger partial charge in [-0.2, -0.15) is 5.26 Å². The number of halogens is 3. The Labute approximate surface area is 83.6 Å². The number of hydrogen-bond acceptors (Lipinski definition) is 3. The summed E-state index contributed by atoms with van der Waals surface area (Å²) in [6.07, 6.45) is -2.85. The number of nitriles is 1. The summed E-state index contributed by atoms with van der Waals surface area (Å²) in [5.41, 5.74) is -0.945. The van der Waals surface area contributed by atoms with Crippen LogP contribution in [0.5, 0.6) is 0 Å². The quantitative estimate of drug-likeness (QED) is 0.826. The van der Waals surface area contributed by atoms with Crippen LogP contribution in [0.3, 0.4) is 0 Å². The zero-order chi connectivity index (χ0) is 10.7. The molecule has 0 fully saturated rings. The van der Waals surface area contributed by atoms with Crippen LogP contribution in [0.15, 0.2) is 6.07 Å². The van der Waals surface area contributed by atoms with Crippen molar-refractivity contribution in [3.8, 4) is 6.07 Å². The number of pyridine rings is 1. The summed E-state index contributed by atoms with van der Waals surface area (Å²) in [4.78, 5) is 3.52. The van der Waals surface area contributed by atoms with Crippen LogP contribution in [0.2, 0.25) is 5.02 Å². The smallest absolute Gasteiger partial charge is 0.268 e. The van der Waals surface area contributed by atoms with Crippen molar-refractivity contribution in [1.29, 1.82) is 5.26 Å². The number of nitrogens with zero attached hydrogens (tertiary/aromatic N) is 2. The van der Waals surface area contributed by atoms with Gasteiger partial charge in [0.15, 0.2) is 5.69 Å². The first kappa shape index (κ1) is 10.8. The fourth-order valence-corrected chi connectivity index (χ4v) is 1.24. The molecule has 14 heavy (non-hydrogen) atoms. The van der Waals surface area contributed by atoms with Crippen LogP contribution in [0, 0.1) is 11.3 Å². The van der Waals surface area contributed by atoms with Crippen LogP contribution in [-0.4, -0.2) is 10.1 Å². The molecule has 0 bridgehead atoms. The summed E-state index contributed by atoms with van der Waals surface area (Å²) in [6, 6.07) is 2.62. The van der Waals surface area contributed by atoms with Crippen molar-refractivity contribution in [3.63, 3.8) is 0 Å². The highest BCUT2D eigenvalue weighted by molar-refractivity contribution is 6.31. The third-order valence-corrected chi connectivity index (χ3v) is 1.86. The fourth-order valence-electron chi connectivity index (χ4n) is 0.947. The van der Waals surface area contributed by atoms with Gasteiger partial charge < -0.3 is 5.11 Å². The molecular weight excluding hydrogens is 214 g/mol. The topological polar surface area (TPSA) is 56.9 Å². The molecule has 0 unspecified atom stereocenters. The van der Waals surface area contributed by atoms with Gasteiger partial charge in [-0.05, 0) is 6.07 Å². The number of alkyl halides is 2. The lowest BCUT2D eigenvalue weighted by molar-refractivity contribution is 0.150. The van der Waals surface area contributed by atoms with Crippen molar-refractivity contribution >= 4 is 11.6 Å². The molecular formula is C8H5ClF2N2O. The average Bonchev–Trinajstić information content (AvgIpc) is 2.15. The molecule has 0 spiro atoms. The highest BCUT2D eigenvalue weighted by Crippen LogP contribution is 2.29. The minimum absolute atomic E-state index is 0.0935. The van der Waals surface area contributed by atoms with Crippen LogP contribution in [0.4, 0.5) is 8.78 Å². The van der Waals surface area contributed by atoms with Crippen molar-refractivity contribution in [2.45, 2.75) is 13.0 Å². The predicted molar refractivity (Wildman–Crippen MR) is 44.8 cm³/mol. The molecule has 0 aliphatic rings. The normalized spacial score (nSPS) is 10.3. The molecule has 0 aliphatic carbocycles. The van der Waals surface area contributed by atoms with E-state index in [0.29, 0.717) is 0 Å². The van der Waals surface area contributed by atoms with Gasteiger partial charge >= 0.3 is 0 Å². The molecule has 1 rings (SSSR count). The minimum atomic E-state index is -2.85. The Hall–Kier alpha value is -1.25. The second kappa shape index (κ2) is 4.31. The lowest BCUT2D eigenvalue weighted by Crippen LogP contribution is -2.00. The summed E-state index contributed by atoms with van der Waals surface area (Å²) in [6.45, 7) is -0.447. The Morgan fingerprint density at radius 3 is 2.71 bits per heavy atom. The molecule has 3 nitrogen and oxygen atoms in total. The molecule has 1 heterocycles. The zero-order valence-electron chi connectivity index (χ0n) is 6.84. The van der Waals surface area contributed by atoms with Crippen molar-refractivity contribution in [1.82, 2.24) is 4.98 Å². The standard InChI is InChI=1S/C8H5ClF2N2O/c9-5-1-4(3-14)13-6(2-12)7(5)8(10)11/h1,8,14H,3H2. The lowest BCUT2D eigenvalue weighted by Gasteiger charge is -2.06. The summed E-state index contributed by atoms with van der Waals surface area (Å²) in [7, 11) is 0. The van der Waals surface area contributed by atoms with E-state index in [1.54, 1.807) is 0 Å². The number of aliphatic hydroxyl groups is 1. The third-order valence-electron chi connectivity index (χ3n) is 1.55. The molecule has 0 atom stereocenters. The van der Waals surface area contributed by atoms with E-state index in [-0.39, 0.29) is 10.7 Å². The van der Waals surface area contributed by atoms with E-state index in [2.05, 4.69) is 4.98 Å². The molecule has 0 saturated heterocycles. The first-order chi connectivity index (χ1) is 6.60. The number of aliphatic hydroxyl groups excluding tert-OH is 1. The fraction of sp³-hybridized carbons (Fsp3) is 0.250. The number of rotatable bonds is 2. The van der Waals surface area contributed by atoms with Gasteiger partial charge in [-0.15, -0.1) is 0 Å². The van der Waals surface area contributed by atoms with E-state index in [1.165, 1.54) is 6.07 Å². The SMILES string of the molecule is N#Cc1nc(CO)cc(Cl)c1C(F)F. The van der Waals surface area contributed by atoms with E-state index >= 15 is 0 Å². The monoisotopic (exact) mass is 218 g/mol. The summed E-state index contributed by atoms with van der Waals surface area (Å²) in [5, 5.41) is 17.0. The van der Waals surface area contributed by atoms with Gasteiger partial charge in [0, 0.05) is 0 Å². The summed E-state index contributed by atoms with van der Waals surface area (Å²) in [5.74, 6) is 0. The van der Waals surface area contributed by atoms with Crippen LogP contribution >= 0.6 is 11.6 Å². The van der Waals surface area contributed by atoms with Crippen LogP contribution in [0.25, 0.3) is 0 Å². The molecule has 0 amide bonds. The van der Waals surface area contributed by atoms with E-state index < -0.39 is 24.3 Å². The Balaban J connectivity index is 3.37. The Morgan fingerprint density at radius 1 is 1.64 bits per heavy atom. The van der Waals surface area contributed by atoms with Gasteiger partial charge in [0.2, 0.25) is 0 Å². The Morgan fingerprint density at radius 2 is 2.29 bits per heavy atom. The molecule has 1 aromatic rings. The van der Waals surface area contributed by atoms with Gasteiger partial charge in [-0.25, -0.2) is 13.8 Å². The highest BCUT2D eigenvalue weighted by atomic mass is 35.5. The van der Waals surface area contributed by atoms with Crippen LogP contribution < -0.4 is 0 Å². The van der Waals surface area contributed by atoms with Crippen molar-refractivity contribution in [2.24, 2.45) is 0 Å². The molecule has 0 aliphatic heterocycles. The van der Waals surface area contributed by atoms with Gasteiger partial charge in [-0.1, -0.05) is 11.6 Å². The number of hydrogen-bond donors (Lipinski definition) is 1. The van der Waals surface area contributed by atoms with E-state index in [0.717, 1.165) is 6.07 Å². The molecule has 1 aromatic heterocycles. The van der Waals surface area contributed by atoms with E-state index in [1.807, 2.05) is 0 Å². The maximum absolute atomic E-state index is 12.4. The average molecular weight is 219 g/mol. The minimum Gasteiger partial charge on any atom is -0.390 e. The Bertz CT molecular complexity index is 390. The van der Waals surface area contributed by atoms with Crippen LogP contribution in [0.1, 0.15) is 23.4 Å². The maximum atomic E-state index is 12.4. The second-order valence-electron chi connectivity index (χ2n) is 2.43. The van der Waals surface area contributed by atoms with E-state index in [4.69, 9.17) is 22.0 Å². The molecule has 0 saturated carbocycles. The van der Waals surface area contributed by atoms with E-state index in [9.17, 15) is 8.78 Å². The van der Waals surface area contributed by atoms with Crippen LogP contribution in [-0.2, 0) is 6.61 Å². The van der Waals surface area contributed by atoms with Gasteiger partial charge in [0.25, 0.3) is 6.43 Å². The lowest BCUT2D eigenvalue weighted by atomic mass is 10.2. The summed E-state index contributed by atoms with van der Waals surface area (Å²) < 4.78 is 24.7. The first-order valence-electron chi connectivity index (χ1n) is 3.58. The van der Waals surface area contributed by atoms with Gasteiger partial charge in [0.05, 0.1) is 22.9 Å². The first-order valence-corrected chi connectivity index (χ1v) is 3.96. The highest BCUT2D eigenvalue weighted by Gasteiger charge is 2.19. The third kappa shape index (κ3) is 1.97. The molecule has 74 valence electrons. The van der Waals surface area contributed by atoms with Gasteiger partial charge in [-0.3, -0.25) is 0 Å². The van der Waals surface area contributed by atoms with Crippen molar-refractivity contribution in [2.75, 3.05) is 0 Å². The largest absolute Gasteiger partial charge is 0.390 e. The molecule has 6 heteroatoms. The van der Waals surface area contributed by atoms with Gasteiger partial charge in [0.1, 0.15) is 6.07 Å². The molecule has 1 N–H and O–H groups in total. The Kier molecular flexibility index (Phi) is 3.33. The predicted octanol–water partition coefficient (Wildman–Crippen LogP) is 2.04. The zero-order valence-corrected chi connectivity index (χ0v) is 7.59. The van der Waals surface area contributed by atoms with Crippen molar-refractivity contribution < 1.29 is 13.9 Å². The number of aromatic nitrogens is 1. The summed E-state index contributed by atoms with van der Waals surface area (Å²) >= 11 is 5.50. The second-order valence-corrected chi connectivity index (χ2v) is 2.84. The van der Waals surface area contributed by atoms with Crippen molar-refractivity contribution in [3.05, 3.63) is 28.0 Å². The maximum Gasteiger partial charge on any atom is 0.268 e.